The Balaban J connectivity index is 1.54. The fourth-order valence-corrected chi connectivity index (χ4v) is 3.25. The number of fused-ring (bicyclic) bond motifs is 1. The van der Waals surface area contributed by atoms with Crippen LogP contribution < -0.4 is 19.1 Å². The maximum absolute atomic E-state index is 12.7. The molecule has 0 unspecified atom stereocenters. The first-order chi connectivity index (χ1) is 12.7. The number of benzene rings is 2. The van der Waals surface area contributed by atoms with Crippen LogP contribution in [0.5, 0.6) is 17.2 Å². The van der Waals surface area contributed by atoms with E-state index >= 15 is 0 Å². The standard InChI is InChI=1S/C21H25NO4/c1-24-17-10-12-18(13-11-17)26-15-5-9-20(23)22-14-4-7-16-6-3-8-19(25-2)21(16)22/h3,6,8,10-13H,4-5,7,9,14-15H2,1-2H3. The lowest BCUT2D eigenvalue weighted by atomic mass is 10.0. The van der Waals surface area contributed by atoms with E-state index in [1.807, 2.05) is 41.3 Å². The highest BCUT2D eigenvalue weighted by atomic mass is 16.5. The van der Waals surface area contributed by atoms with Crippen LogP contribution in [0, 0.1) is 0 Å². The Morgan fingerprint density at radius 2 is 1.81 bits per heavy atom. The number of hydrogen-bond acceptors (Lipinski definition) is 4. The second-order valence-electron chi connectivity index (χ2n) is 6.24. The summed E-state index contributed by atoms with van der Waals surface area (Å²) in [5.41, 5.74) is 2.11. The number of carbonyl (C=O) groups is 1. The van der Waals surface area contributed by atoms with E-state index in [-0.39, 0.29) is 5.91 Å². The van der Waals surface area contributed by atoms with Gasteiger partial charge in [-0.2, -0.15) is 0 Å². The minimum atomic E-state index is 0.119. The highest BCUT2D eigenvalue weighted by Crippen LogP contribution is 2.36. The quantitative estimate of drug-likeness (QED) is 0.708. The van der Waals surface area contributed by atoms with Crippen molar-refractivity contribution >= 4 is 11.6 Å². The van der Waals surface area contributed by atoms with E-state index in [1.54, 1.807) is 14.2 Å². The molecule has 0 saturated heterocycles. The molecule has 0 fully saturated rings. The monoisotopic (exact) mass is 355 g/mol. The number of rotatable bonds is 7. The zero-order valence-corrected chi connectivity index (χ0v) is 15.4. The van der Waals surface area contributed by atoms with Gasteiger partial charge in [0.2, 0.25) is 5.91 Å². The Bertz CT molecular complexity index is 728. The second-order valence-corrected chi connectivity index (χ2v) is 6.24. The summed E-state index contributed by atoms with van der Waals surface area (Å²) in [5.74, 6) is 2.47. The molecule has 0 aromatic heterocycles. The number of para-hydroxylation sites is 1. The van der Waals surface area contributed by atoms with Gasteiger partial charge < -0.3 is 19.1 Å². The van der Waals surface area contributed by atoms with Gasteiger partial charge in [-0.25, -0.2) is 0 Å². The molecule has 0 saturated carbocycles. The average molecular weight is 355 g/mol. The third kappa shape index (κ3) is 4.10. The van der Waals surface area contributed by atoms with Gasteiger partial charge in [0.15, 0.2) is 0 Å². The van der Waals surface area contributed by atoms with Gasteiger partial charge in [-0.1, -0.05) is 12.1 Å². The van der Waals surface area contributed by atoms with Gasteiger partial charge in [-0.05, 0) is 55.2 Å². The van der Waals surface area contributed by atoms with Gasteiger partial charge >= 0.3 is 0 Å². The molecule has 0 atom stereocenters. The summed E-state index contributed by atoms with van der Waals surface area (Å²) in [7, 11) is 3.28. The molecule has 1 aliphatic rings. The number of methoxy groups -OCH3 is 2. The van der Waals surface area contributed by atoms with Crippen molar-refractivity contribution in [2.75, 3.05) is 32.3 Å². The summed E-state index contributed by atoms with van der Waals surface area (Å²) in [6.07, 6.45) is 3.09. The minimum Gasteiger partial charge on any atom is -0.497 e. The normalized spacial score (nSPS) is 13.1. The maximum Gasteiger partial charge on any atom is 0.227 e. The topological polar surface area (TPSA) is 48.0 Å². The van der Waals surface area contributed by atoms with E-state index in [0.717, 1.165) is 42.3 Å². The largest absolute Gasteiger partial charge is 0.497 e. The Morgan fingerprint density at radius 3 is 2.54 bits per heavy atom. The number of anilines is 1. The van der Waals surface area contributed by atoms with Crippen LogP contribution in [0.15, 0.2) is 42.5 Å². The molecule has 26 heavy (non-hydrogen) atoms. The lowest BCUT2D eigenvalue weighted by Gasteiger charge is -2.31. The van der Waals surface area contributed by atoms with Crippen molar-refractivity contribution in [2.45, 2.75) is 25.7 Å². The summed E-state index contributed by atoms with van der Waals surface area (Å²) in [6.45, 7) is 1.25. The molecule has 5 heteroatoms. The molecule has 0 aliphatic carbocycles. The maximum atomic E-state index is 12.7. The minimum absolute atomic E-state index is 0.119. The number of amides is 1. The second kappa shape index (κ2) is 8.61. The summed E-state index contributed by atoms with van der Waals surface area (Å²) < 4.78 is 16.3. The molecule has 5 nitrogen and oxygen atoms in total. The van der Waals surface area contributed by atoms with Crippen molar-refractivity contribution in [1.29, 1.82) is 0 Å². The third-order valence-electron chi connectivity index (χ3n) is 4.56. The predicted octanol–water partition coefficient (Wildman–Crippen LogP) is 3.84. The zero-order chi connectivity index (χ0) is 18.4. The van der Waals surface area contributed by atoms with Crippen molar-refractivity contribution in [3.8, 4) is 17.2 Å². The van der Waals surface area contributed by atoms with Crippen molar-refractivity contribution in [3.05, 3.63) is 48.0 Å². The van der Waals surface area contributed by atoms with Gasteiger partial charge in [-0.3, -0.25) is 4.79 Å². The van der Waals surface area contributed by atoms with E-state index in [4.69, 9.17) is 14.2 Å². The summed E-state index contributed by atoms with van der Waals surface area (Å²) in [5, 5.41) is 0. The van der Waals surface area contributed by atoms with E-state index in [9.17, 15) is 4.79 Å². The van der Waals surface area contributed by atoms with Crippen LogP contribution in [0.4, 0.5) is 5.69 Å². The van der Waals surface area contributed by atoms with Crippen molar-refractivity contribution in [2.24, 2.45) is 0 Å². The highest BCUT2D eigenvalue weighted by Gasteiger charge is 2.25. The van der Waals surface area contributed by atoms with Crippen LogP contribution in [-0.2, 0) is 11.2 Å². The molecule has 0 spiro atoms. The Kier molecular flexibility index (Phi) is 6.00. The van der Waals surface area contributed by atoms with Crippen molar-refractivity contribution in [1.82, 2.24) is 0 Å². The number of carbonyl (C=O) groups excluding carboxylic acids is 1. The number of hydrogen-bond donors (Lipinski definition) is 0. The number of aryl methyl sites for hydroxylation is 1. The number of nitrogens with zero attached hydrogens (tertiary/aromatic N) is 1. The first-order valence-electron chi connectivity index (χ1n) is 8.96. The lowest BCUT2D eigenvalue weighted by molar-refractivity contribution is -0.118. The molecular formula is C21H25NO4. The summed E-state index contributed by atoms with van der Waals surface area (Å²) in [4.78, 5) is 14.6. The highest BCUT2D eigenvalue weighted by molar-refractivity contribution is 5.96. The molecule has 1 heterocycles. The fourth-order valence-electron chi connectivity index (χ4n) is 3.25. The third-order valence-corrected chi connectivity index (χ3v) is 4.56. The van der Waals surface area contributed by atoms with Crippen LogP contribution >= 0.6 is 0 Å². The molecule has 2 aromatic carbocycles. The molecule has 2 aromatic rings. The summed E-state index contributed by atoms with van der Waals surface area (Å²) in [6, 6.07) is 13.4. The van der Waals surface area contributed by atoms with Crippen LogP contribution in [0.25, 0.3) is 0 Å². The zero-order valence-electron chi connectivity index (χ0n) is 15.4. The van der Waals surface area contributed by atoms with Gasteiger partial charge in [0.25, 0.3) is 0 Å². The molecular weight excluding hydrogens is 330 g/mol. The van der Waals surface area contributed by atoms with Crippen molar-refractivity contribution < 1.29 is 19.0 Å². The first kappa shape index (κ1) is 18.1. The Labute approximate surface area is 154 Å². The molecule has 138 valence electrons. The average Bonchev–Trinajstić information content (AvgIpc) is 2.70. The molecule has 1 aliphatic heterocycles. The Morgan fingerprint density at radius 1 is 1.04 bits per heavy atom. The first-order valence-corrected chi connectivity index (χ1v) is 8.96. The lowest BCUT2D eigenvalue weighted by Crippen LogP contribution is -2.35. The smallest absolute Gasteiger partial charge is 0.227 e. The van der Waals surface area contributed by atoms with Crippen molar-refractivity contribution in [3.63, 3.8) is 0 Å². The van der Waals surface area contributed by atoms with E-state index in [1.165, 1.54) is 5.56 Å². The van der Waals surface area contributed by atoms with Crippen LogP contribution in [-0.4, -0.2) is 33.3 Å². The van der Waals surface area contributed by atoms with Gasteiger partial charge in [0.05, 0.1) is 26.5 Å². The molecule has 0 radical (unpaired) electrons. The fraction of sp³-hybridized carbons (Fsp3) is 0.381. The van der Waals surface area contributed by atoms with Crippen LogP contribution in [0.2, 0.25) is 0 Å². The van der Waals surface area contributed by atoms with Crippen LogP contribution in [0.3, 0.4) is 0 Å². The number of ether oxygens (including phenoxy) is 3. The molecule has 1 amide bonds. The van der Waals surface area contributed by atoms with Gasteiger partial charge in [0, 0.05) is 13.0 Å². The predicted molar refractivity (Wildman–Crippen MR) is 101 cm³/mol. The molecule has 0 bridgehead atoms. The van der Waals surface area contributed by atoms with E-state index in [0.29, 0.717) is 19.4 Å². The summed E-state index contributed by atoms with van der Waals surface area (Å²) >= 11 is 0. The SMILES string of the molecule is COc1ccc(OCCCC(=O)N2CCCc3cccc(OC)c32)cc1. The van der Waals surface area contributed by atoms with Crippen LogP contribution in [0.1, 0.15) is 24.8 Å². The van der Waals surface area contributed by atoms with E-state index in [2.05, 4.69) is 6.07 Å². The van der Waals surface area contributed by atoms with E-state index < -0.39 is 0 Å². The van der Waals surface area contributed by atoms with Gasteiger partial charge in [-0.15, -0.1) is 0 Å². The molecule has 0 N–H and O–H groups in total. The Hall–Kier alpha value is -2.69. The molecule has 3 rings (SSSR count). The van der Waals surface area contributed by atoms with Gasteiger partial charge in [0.1, 0.15) is 17.2 Å².